The molecule has 0 atom stereocenters. The quantitative estimate of drug-likeness (QED) is 0.430. The highest BCUT2D eigenvalue weighted by molar-refractivity contribution is 6.13. The molecular weight excluding hydrogens is 420 g/mol. The van der Waals surface area contributed by atoms with Gasteiger partial charge in [-0.1, -0.05) is 18.2 Å². The number of rotatable bonds is 7. The largest absolute Gasteiger partial charge is 0.493 e. The summed E-state index contributed by atoms with van der Waals surface area (Å²) in [6.07, 6.45) is 1.57. The number of nitrogens with zero attached hydrogens (tertiary/aromatic N) is 1. The van der Waals surface area contributed by atoms with Crippen LogP contribution in [-0.4, -0.2) is 24.7 Å². The number of aromatic nitrogens is 1. The molecule has 3 aromatic carbocycles. The number of fused-ring (bicyclic) bond motifs is 1. The summed E-state index contributed by atoms with van der Waals surface area (Å²) >= 11 is 0. The summed E-state index contributed by atoms with van der Waals surface area (Å²) in [6.45, 7) is 2.27. The van der Waals surface area contributed by atoms with Gasteiger partial charge in [-0.15, -0.1) is 0 Å². The van der Waals surface area contributed by atoms with Crippen molar-refractivity contribution >= 4 is 22.4 Å². The first-order valence-corrected chi connectivity index (χ1v) is 10.5. The van der Waals surface area contributed by atoms with Gasteiger partial charge in [-0.05, 0) is 55.5 Å². The lowest BCUT2D eigenvalue weighted by Crippen LogP contribution is -2.23. The van der Waals surface area contributed by atoms with Crippen LogP contribution in [0.2, 0.25) is 0 Å². The van der Waals surface area contributed by atoms with Gasteiger partial charge in [0.15, 0.2) is 11.5 Å². The first-order chi connectivity index (χ1) is 16.0. The molecule has 1 amide bonds. The first kappa shape index (κ1) is 22.0. The van der Waals surface area contributed by atoms with Gasteiger partial charge in [-0.3, -0.25) is 9.59 Å². The van der Waals surface area contributed by atoms with Gasteiger partial charge in [0.2, 0.25) is 0 Å². The summed E-state index contributed by atoms with van der Waals surface area (Å²) in [5, 5.41) is 3.77. The molecule has 1 heterocycles. The van der Waals surface area contributed by atoms with E-state index in [9.17, 15) is 9.59 Å². The number of ether oxygens (including phenoxy) is 3. The van der Waals surface area contributed by atoms with E-state index in [0.29, 0.717) is 45.8 Å². The predicted octanol–water partition coefficient (Wildman–Crippen LogP) is 5.08. The summed E-state index contributed by atoms with van der Waals surface area (Å²) in [4.78, 5) is 26.1. The Bertz CT molecular complexity index is 1350. The van der Waals surface area contributed by atoms with Crippen LogP contribution in [0.1, 0.15) is 17.3 Å². The number of benzene rings is 3. The standard InChI is InChI=1S/C26H24N2O5/c1-4-28-16-22(20-14-23(31-2)24(32-3)15-21(20)26(28)30)25(29)27-17-10-12-19(13-11-17)33-18-8-6-5-7-9-18/h5-16H,4H2,1-3H3,(H,27,29). The monoisotopic (exact) mass is 444 g/mol. The van der Waals surface area contributed by atoms with E-state index in [-0.39, 0.29) is 11.5 Å². The second-order valence-corrected chi connectivity index (χ2v) is 7.28. The van der Waals surface area contributed by atoms with E-state index in [1.54, 1.807) is 42.6 Å². The number of hydrogen-bond acceptors (Lipinski definition) is 5. The maximum Gasteiger partial charge on any atom is 0.258 e. The third-order valence-electron chi connectivity index (χ3n) is 5.27. The van der Waals surface area contributed by atoms with Crippen molar-refractivity contribution in [2.45, 2.75) is 13.5 Å². The summed E-state index contributed by atoms with van der Waals surface area (Å²) in [6, 6.07) is 19.8. The van der Waals surface area contributed by atoms with E-state index in [2.05, 4.69) is 5.32 Å². The van der Waals surface area contributed by atoms with Crippen LogP contribution in [0.3, 0.4) is 0 Å². The van der Waals surface area contributed by atoms with Crippen LogP contribution in [0.15, 0.2) is 77.7 Å². The smallest absolute Gasteiger partial charge is 0.258 e. The van der Waals surface area contributed by atoms with Gasteiger partial charge in [0.25, 0.3) is 11.5 Å². The zero-order valence-corrected chi connectivity index (χ0v) is 18.6. The molecule has 7 heteroatoms. The third kappa shape index (κ3) is 4.52. The summed E-state index contributed by atoms with van der Waals surface area (Å²) < 4.78 is 18.0. The molecule has 0 saturated carbocycles. The van der Waals surface area contributed by atoms with Crippen molar-refractivity contribution in [3.63, 3.8) is 0 Å². The number of amides is 1. The lowest BCUT2D eigenvalue weighted by molar-refractivity contribution is 0.102. The summed E-state index contributed by atoms with van der Waals surface area (Å²) in [7, 11) is 3.01. The summed E-state index contributed by atoms with van der Waals surface area (Å²) in [5.41, 5.74) is 0.757. The molecule has 0 bridgehead atoms. The molecule has 0 aliphatic heterocycles. The van der Waals surface area contributed by atoms with Crippen LogP contribution < -0.4 is 25.1 Å². The SMILES string of the molecule is CCn1cc(C(=O)Nc2ccc(Oc3ccccc3)cc2)c2cc(OC)c(OC)cc2c1=O. The van der Waals surface area contributed by atoms with Gasteiger partial charge in [0.1, 0.15) is 11.5 Å². The molecule has 33 heavy (non-hydrogen) atoms. The van der Waals surface area contributed by atoms with Crippen molar-refractivity contribution in [2.24, 2.45) is 0 Å². The molecule has 0 aliphatic rings. The highest BCUT2D eigenvalue weighted by Gasteiger charge is 2.18. The number of para-hydroxylation sites is 1. The van der Waals surface area contributed by atoms with E-state index in [1.165, 1.54) is 18.8 Å². The van der Waals surface area contributed by atoms with Crippen LogP contribution in [0.25, 0.3) is 10.8 Å². The fourth-order valence-corrected chi connectivity index (χ4v) is 3.56. The number of pyridine rings is 1. The topological polar surface area (TPSA) is 78.8 Å². The molecule has 7 nitrogen and oxygen atoms in total. The normalized spacial score (nSPS) is 10.6. The molecule has 0 spiro atoms. The van der Waals surface area contributed by atoms with Gasteiger partial charge >= 0.3 is 0 Å². The Morgan fingerprint density at radius 3 is 2.09 bits per heavy atom. The van der Waals surface area contributed by atoms with Crippen LogP contribution in [0.5, 0.6) is 23.0 Å². The van der Waals surface area contributed by atoms with Crippen molar-refractivity contribution in [3.8, 4) is 23.0 Å². The number of carbonyl (C=O) groups excluding carboxylic acids is 1. The van der Waals surface area contributed by atoms with Crippen molar-refractivity contribution in [2.75, 3.05) is 19.5 Å². The molecule has 0 aliphatic carbocycles. The predicted molar refractivity (Wildman–Crippen MR) is 128 cm³/mol. The van der Waals surface area contributed by atoms with Crippen LogP contribution in [-0.2, 0) is 6.54 Å². The Kier molecular flexibility index (Phi) is 6.31. The zero-order chi connectivity index (χ0) is 23.4. The molecule has 0 unspecified atom stereocenters. The van der Waals surface area contributed by atoms with E-state index in [0.717, 1.165) is 5.75 Å². The average molecular weight is 444 g/mol. The molecular formula is C26H24N2O5. The summed E-state index contributed by atoms with van der Waals surface area (Å²) in [5.74, 6) is 1.91. The second-order valence-electron chi connectivity index (χ2n) is 7.28. The Morgan fingerprint density at radius 2 is 1.48 bits per heavy atom. The van der Waals surface area contributed by atoms with Gasteiger partial charge in [-0.25, -0.2) is 0 Å². The van der Waals surface area contributed by atoms with Gasteiger partial charge in [-0.2, -0.15) is 0 Å². The maximum atomic E-state index is 13.2. The second kappa shape index (κ2) is 9.48. The third-order valence-corrected chi connectivity index (χ3v) is 5.27. The minimum atomic E-state index is -0.342. The highest BCUT2D eigenvalue weighted by Crippen LogP contribution is 2.32. The van der Waals surface area contributed by atoms with Gasteiger partial charge in [0, 0.05) is 23.8 Å². The Balaban J connectivity index is 1.66. The van der Waals surface area contributed by atoms with Gasteiger partial charge < -0.3 is 24.1 Å². The number of hydrogen-bond donors (Lipinski definition) is 1. The minimum absolute atomic E-state index is 0.201. The number of anilines is 1. The van der Waals surface area contributed by atoms with Crippen molar-refractivity contribution in [1.29, 1.82) is 0 Å². The number of carbonyl (C=O) groups is 1. The highest BCUT2D eigenvalue weighted by atomic mass is 16.5. The minimum Gasteiger partial charge on any atom is -0.493 e. The Labute approximate surface area is 191 Å². The molecule has 168 valence electrons. The van der Waals surface area contributed by atoms with E-state index >= 15 is 0 Å². The van der Waals surface area contributed by atoms with Gasteiger partial charge in [0.05, 0.1) is 25.2 Å². The Morgan fingerprint density at radius 1 is 0.879 bits per heavy atom. The Hall–Kier alpha value is -4.26. The van der Waals surface area contributed by atoms with Crippen molar-refractivity contribution in [1.82, 2.24) is 4.57 Å². The molecule has 1 aromatic heterocycles. The average Bonchev–Trinajstić information content (AvgIpc) is 2.85. The number of nitrogens with one attached hydrogen (secondary N) is 1. The van der Waals surface area contributed by atoms with E-state index < -0.39 is 0 Å². The molecule has 4 rings (SSSR count). The number of aryl methyl sites for hydroxylation is 1. The van der Waals surface area contributed by atoms with Crippen LogP contribution in [0, 0.1) is 0 Å². The molecule has 0 saturated heterocycles. The fraction of sp³-hybridized carbons (Fsp3) is 0.154. The molecule has 4 aromatic rings. The van der Waals surface area contributed by atoms with E-state index in [1.807, 2.05) is 37.3 Å². The lowest BCUT2D eigenvalue weighted by atomic mass is 10.1. The van der Waals surface area contributed by atoms with Crippen molar-refractivity contribution < 1.29 is 19.0 Å². The number of methoxy groups -OCH3 is 2. The maximum absolute atomic E-state index is 13.2. The molecule has 0 radical (unpaired) electrons. The zero-order valence-electron chi connectivity index (χ0n) is 18.6. The molecule has 0 fully saturated rings. The van der Waals surface area contributed by atoms with Crippen molar-refractivity contribution in [3.05, 3.63) is 88.8 Å². The lowest BCUT2D eigenvalue weighted by Gasteiger charge is -2.14. The fourth-order valence-electron chi connectivity index (χ4n) is 3.56. The first-order valence-electron chi connectivity index (χ1n) is 10.5. The molecule has 1 N–H and O–H groups in total. The van der Waals surface area contributed by atoms with Crippen LogP contribution >= 0.6 is 0 Å². The van der Waals surface area contributed by atoms with Crippen LogP contribution in [0.4, 0.5) is 5.69 Å². The van der Waals surface area contributed by atoms with E-state index in [4.69, 9.17) is 14.2 Å².